The normalized spacial score (nSPS) is 16.3. The predicted molar refractivity (Wildman–Crippen MR) is 200 cm³/mol. The number of nitrogens with one attached hydrogen (secondary N) is 1. The maximum absolute atomic E-state index is 12.6. The van der Waals surface area contributed by atoms with Crippen molar-refractivity contribution in [3.05, 3.63) is 54.4 Å². The van der Waals surface area contributed by atoms with Gasteiger partial charge in [-0.05, 0) is 78.9 Å². The van der Waals surface area contributed by atoms with Gasteiger partial charge in [-0.1, -0.05) is 30.3 Å². The van der Waals surface area contributed by atoms with Gasteiger partial charge in [0.1, 0.15) is 17.0 Å². The quantitative estimate of drug-likeness (QED) is 0.164. The first kappa shape index (κ1) is 40.5. The summed E-state index contributed by atoms with van der Waals surface area (Å²) >= 11 is 0. The molecule has 4 rings (SSSR count). The predicted octanol–water partition coefficient (Wildman–Crippen LogP) is 6.40. The number of carbonyl (C=O) groups is 2. The summed E-state index contributed by atoms with van der Waals surface area (Å²) < 4.78 is 30.1. The van der Waals surface area contributed by atoms with Crippen molar-refractivity contribution in [2.45, 2.75) is 97.1 Å². The van der Waals surface area contributed by atoms with E-state index in [1.165, 1.54) is 5.56 Å². The zero-order valence-electron chi connectivity index (χ0n) is 32.1. The van der Waals surface area contributed by atoms with E-state index in [-0.39, 0.29) is 25.3 Å². The molecule has 1 fully saturated rings. The number of nitrogens with zero attached hydrogens (tertiary/aromatic N) is 6. The molecule has 0 aliphatic heterocycles. The van der Waals surface area contributed by atoms with Crippen LogP contribution in [0.3, 0.4) is 0 Å². The van der Waals surface area contributed by atoms with Gasteiger partial charge in [-0.15, -0.1) is 0 Å². The molecule has 0 radical (unpaired) electrons. The first-order chi connectivity index (χ1) is 24.7. The van der Waals surface area contributed by atoms with Crippen LogP contribution in [0.1, 0.15) is 72.8 Å². The molecule has 1 N–H and O–H groups in total. The van der Waals surface area contributed by atoms with Gasteiger partial charge in [-0.25, -0.2) is 29.1 Å². The van der Waals surface area contributed by atoms with E-state index < -0.39 is 23.4 Å². The Labute approximate surface area is 308 Å². The van der Waals surface area contributed by atoms with Crippen LogP contribution >= 0.6 is 0 Å². The van der Waals surface area contributed by atoms with Crippen LogP contribution in [-0.2, 0) is 30.2 Å². The minimum absolute atomic E-state index is 0.000252. The zero-order valence-corrected chi connectivity index (χ0v) is 32.1. The average Bonchev–Trinajstić information content (AvgIpc) is 3.49. The molecular weight excluding hydrogens is 666 g/mol. The Hall–Kier alpha value is -4.27. The van der Waals surface area contributed by atoms with E-state index in [4.69, 9.17) is 28.7 Å². The largest absolute Gasteiger partial charge is 0.443 e. The molecule has 3 aromatic rings. The van der Waals surface area contributed by atoms with E-state index >= 15 is 0 Å². The van der Waals surface area contributed by atoms with E-state index in [1.54, 1.807) is 47.7 Å². The fraction of sp³-hybridized carbons (Fsp3) is 0.605. The number of rotatable bonds is 16. The highest BCUT2D eigenvalue weighted by molar-refractivity contribution is 5.88. The van der Waals surface area contributed by atoms with Gasteiger partial charge in [-0.3, -0.25) is 0 Å². The van der Waals surface area contributed by atoms with Gasteiger partial charge in [0.15, 0.2) is 0 Å². The van der Waals surface area contributed by atoms with E-state index in [0.29, 0.717) is 38.9 Å². The third-order valence-electron chi connectivity index (χ3n) is 7.99. The molecule has 2 heterocycles. The Morgan fingerprint density at radius 2 is 1.46 bits per heavy atom. The van der Waals surface area contributed by atoms with E-state index in [2.05, 4.69) is 32.4 Å². The van der Waals surface area contributed by atoms with Gasteiger partial charge in [-0.2, -0.15) is 5.10 Å². The number of hydrogen-bond donors (Lipinski definition) is 1. The fourth-order valence-electron chi connectivity index (χ4n) is 5.68. The standard InChI is InChI=1S/C38H57N7O7/c1-37(2,3)51-35(46)44(36(47)52-38(4,5)6)20-21-48-22-23-49-24-25-50-30-16-14-29(15-17-30)41-34-39-19-18-32(42-34)31-26-40-45(33(31)43(7)8)27-28-12-10-9-11-13-28/h9-13,18-19,26,29-30H,14-17,20-25,27H2,1-8H3,(H,39,41,42)/t29-,30-. The monoisotopic (exact) mass is 723 g/mol. The molecule has 1 aliphatic carbocycles. The minimum atomic E-state index is -0.774. The molecule has 1 aliphatic rings. The van der Waals surface area contributed by atoms with Crippen LogP contribution in [-0.4, -0.2) is 114 Å². The molecule has 0 spiro atoms. The van der Waals surface area contributed by atoms with Crippen molar-refractivity contribution in [3.8, 4) is 11.3 Å². The summed E-state index contributed by atoms with van der Waals surface area (Å²) in [5, 5.41) is 8.22. The summed E-state index contributed by atoms with van der Waals surface area (Å²) in [6.45, 7) is 12.8. The van der Waals surface area contributed by atoms with Crippen molar-refractivity contribution < 1.29 is 33.3 Å². The molecule has 0 unspecified atom stereocenters. The van der Waals surface area contributed by atoms with Crippen LogP contribution in [0.2, 0.25) is 0 Å². The third-order valence-corrected chi connectivity index (χ3v) is 7.99. The highest BCUT2D eigenvalue weighted by Crippen LogP contribution is 2.30. The van der Waals surface area contributed by atoms with Gasteiger partial charge < -0.3 is 33.9 Å². The van der Waals surface area contributed by atoms with Gasteiger partial charge in [0.25, 0.3) is 0 Å². The van der Waals surface area contributed by atoms with Gasteiger partial charge in [0.2, 0.25) is 5.95 Å². The lowest BCUT2D eigenvalue weighted by Crippen LogP contribution is -2.45. The fourth-order valence-corrected chi connectivity index (χ4v) is 5.68. The molecule has 0 bridgehead atoms. The highest BCUT2D eigenvalue weighted by Gasteiger charge is 2.31. The summed E-state index contributed by atoms with van der Waals surface area (Å²) in [5.41, 5.74) is 1.47. The Balaban J connectivity index is 1.13. The van der Waals surface area contributed by atoms with Crippen molar-refractivity contribution in [2.75, 3.05) is 63.9 Å². The maximum atomic E-state index is 12.6. The smallest absolute Gasteiger partial charge is 0.419 e. The Morgan fingerprint density at radius 1 is 0.846 bits per heavy atom. The summed E-state index contributed by atoms with van der Waals surface area (Å²) in [7, 11) is 4.04. The van der Waals surface area contributed by atoms with E-state index in [1.807, 2.05) is 49.2 Å². The second kappa shape index (κ2) is 19.0. The zero-order chi connectivity index (χ0) is 37.7. The molecule has 52 heavy (non-hydrogen) atoms. The van der Waals surface area contributed by atoms with Crippen LogP contribution < -0.4 is 10.2 Å². The van der Waals surface area contributed by atoms with Crippen molar-refractivity contribution in [1.82, 2.24) is 24.6 Å². The van der Waals surface area contributed by atoms with Crippen molar-refractivity contribution in [1.29, 1.82) is 0 Å². The Kier molecular flexibility index (Phi) is 14.8. The molecule has 0 saturated heterocycles. The molecular formula is C38H57N7O7. The summed E-state index contributed by atoms with van der Waals surface area (Å²) in [5.74, 6) is 1.60. The van der Waals surface area contributed by atoms with Crippen LogP contribution in [0, 0.1) is 0 Å². The molecule has 14 nitrogen and oxygen atoms in total. The number of ether oxygens (including phenoxy) is 5. The number of carbonyl (C=O) groups excluding carboxylic acids is 2. The van der Waals surface area contributed by atoms with Gasteiger partial charge in [0.05, 0.1) is 69.7 Å². The minimum Gasteiger partial charge on any atom is -0.443 e. The van der Waals surface area contributed by atoms with Crippen LogP contribution in [0.5, 0.6) is 0 Å². The lowest BCUT2D eigenvalue weighted by Gasteiger charge is -2.29. The Bertz CT molecular complexity index is 1520. The lowest BCUT2D eigenvalue weighted by molar-refractivity contribution is -0.0266. The molecule has 14 heteroatoms. The van der Waals surface area contributed by atoms with Crippen LogP contribution in [0.25, 0.3) is 11.3 Å². The summed E-state index contributed by atoms with van der Waals surface area (Å²) in [6.07, 6.45) is 6.07. The second-order valence-corrected chi connectivity index (χ2v) is 15.0. The van der Waals surface area contributed by atoms with Crippen molar-refractivity contribution >= 4 is 24.0 Å². The number of aromatic nitrogens is 4. The van der Waals surface area contributed by atoms with E-state index in [0.717, 1.165) is 47.7 Å². The second-order valence-electron chi connectivity index (χ2n) is 15.0. The van der Waals surface area contributed by atoms with Gasteiger partial charge >= 0.3 is 12.2 Å². The summed E-state index contributed by atoms with van der Waals surface area (Å²) in [6, 6.07) is 12.5. The summed E-state index contributed by atoms with van der Waals surface area (Å²) in [4.78, 5) is 37.5. The number of hydrogen-bond acceptors (Lipinski definition) is 12. The molecule has 2 aromatic heterocycles. The Morgan fingerprint density at radius 3 is 2.08 bits per heavy atom. The number of amides is 2. The first-order valence-corrected chi connectivity index (χ1v) is 18.1. The first-order valence-electron chi connectivity index (χ1n) is 18.1. The number of benzene rings is 1. The topological polar surface area (TPSA) is 142 Å². The van der Waals surface area contributed by atoms with Gasteiger partial charge in [0, 0.05) is 26.3 Å². The van der Waals surface area contributed by atoms with E-state index in [9.17, 15) is 9.59 Å². The van der Waals surface area contributed by atoms with Crippen molar-refractivity contribution in [3.63, 3.8) is 0 Å². The van der Waals surface area contributed by atoms with Crippen LogP contribution in [0.4, 0.5) is 21.4 Å². The average molecular weight is 724 g/mol. The molecule has 1 saturated carbocycles. The molecule has 1 aromatic carbocycles. The SMILES string of the molecule is CN(C)c1c(-c2ccnc(N[C@H]3CC[C@H](OCCOCCOCCN(C(=O)OC(C)(C)C)C(=O)OC(C)(C)C)CC3)n2)cnn1Cc1ccccc1. The lowest BCUT2D eigenvalue weighted by atomic mass is 9.93. The third kappa shape index (κ3) is 13.4. The number of imide groups is 1. The highest BCUT2D eigenvalue weighted by atomic mass is 16.6. The molecule has 286 valence electrons. The molecule has 2 amide bonds. The number of anilines is 2. The molecule has 0 atom stereocenters. The van der Waals surface area contributed by atoms with Crippen LogP contribution in [0.15, 0.2) is 48.8 Å². The maximum Gasteiger partial charge on any atom is 0.419 e. The van der Waals surface area contributed by atoms with Crippen molar-refractivity contribution in [2.24, 2.45) is 0 Å².